The van der Waals surface area contributed by atoms with E-state index in [0.717, 1.165) is 5.69 Å². The molecule has 0 bridgehead atoms. The van der Waals surface area contributed by atoms with Crippen LogP contribution in [0, 0.1) is 6.07 Å². The van der Waals surface area contributed by atoms with E-state index < -0.39 is 0 Å². The molecule has 13 heavy (non-hydrogen) atoms. The van der Waals surface area contributed by atoms with Crippen molar-refractivity contribution in [1.82, 2.24) is 0 Å². The van der Waals surface area contributed by atoms with Gasteiger partial charge in [0.25, 0.3) is 0 Å². The maximum absolute atomic E-state index is 5.40. The molecule has 1 heteroatoms. The summed E-state index contributed by atoms with van der Waals surface area (Å²) in [5, 5.41) is 0. The maximum atomic E-state index is 5.40. The van der Waals surface area contributed by atoms with E-state index in [1.165, 1.54) is 11.1 Å². The zero-order chi connectivity index (χ0) is 9.10. The summed E-state index contributed by atoms with van der Waals surface area (Å²) in [6.07, 6.45) is 0. The zero-order valence-electron chi connectivity index (χ0n) is 7.20. The Morgan fingerprint density at radius 1 is 0.846 bits per heavy atom. The highest BCUT2D eigenvalue weighted by atomic mass is 14.6. The van der Waals surface area contributed by atoms with Crippen molar-refractivity contribution in [2.24, 2.45) is 0 Å². The van der Waals surface area contributed by atoms with Crippen LogP contribution in [0.3, 0.4) is 0 Å². The van der Waals surface area contributed by atoms with Gasteiger partial charge in [0.05, 0.1) is 0 Å². The Kier molecular flexibility index (Phi) is 2.01. The molecule has 0 saturated carbocycles. The first kappa shape index (κ1) is 7.87. The quantitative estimate of drug-likeness (QED) is 0.513. The van der Waals surface area contributed by atoms with E-state index in [0.29, 0.717) is 0 Å². The van der Waals surface area contributed by atoms with Crippen LogP contribution in [0.4, 0.5) is 5.69 Å². The number of anilines is 1. The van der Waals surface area contributed by atoms with Gasteiger partial charge >= 0.3 is 0 Å². The highest BCUT2D eigenvalue weighted by Crippen LogP contribution is 2.36. The van der Waals surface area contributed by atoms with Crippen molar-refractivity contribution in [3.8, 4) is 11.1 Å². The van der Waals surface area contributed by atoms with Gasteiger partial charge in [0.1, 0.15) is 0 Å². The predicted molar refractivity (Wildman–Crippen MR) is 55.1 cm³/mol. The molecule has 3 rings (SSSR count). The largest absolute Gasteiger partial charge is 0.399 e. The third-order valence-corrected chi connectivity index (χ3v) is 1.81. The second kappa shape index (κ2) is 3.31. The minimum absolute atomic E-state index is 0.896. The van der Waals surface area contributed by atoms with Crippen molar-refractivity contribution in [2.75, 3.05) is 5.73 Å². The van der Waals surface area contributed by atoms with Gasteiger partial charge in [-0.2, -0.15) is 0 Å². The fourth-order valence-corrected chi connectivity index (χ4v) is 1.12. The standard InChI is InChI=1S/C6H5N.C6H5/c7-6-2-4-1-5(4)3-6;1-2-4-6-5-3-1/h1-3H,7H2;1-5H. The molecule has 2 N–H and O–H groups in total. The fourth-order valence-electron chi connectivity index (χ4n) is 1.12. The molecule has 2 aliphatic rings. The summed E-state index contributed by atoms with van der Waals surface area (Å²) in [7, 11) is 0. The molecular weight excluding hydrogens is 158 g/mol. The average molecular weight is 168 g/mol. The van der Waals surface area contributed by atoms with E-state index in [9.17, 15) is 0 Å². The monoisotopic (exact) mass is 168 g/mol. The number of fused-ring (bicyclic) bond motifs is 1. The van der Waals surface area contributed by atoms with Crippen LogP contribution in [0.15, 0.2) is 48.5 Å². The zero-order valence-corrected chi connectivity index (χ0v) is 7.20. The first-order chi connectivity index (χ1) is 6.36. The van der Waals surface area contributed by atoms with Crippen LogP contribution in [0.5, 0.6) is 0 Å². The van der Waals surface area contributed by atoms with Crippen LogP contribution in [-0.2, 0) is 0 Å². The molecule has 1 nitrogen and oxygen atoms in total. The Morgan fingerprint density at radius 2 is 1.46 bits per heavy atom. The number of benzene rings is 2. The van der Waals surface area contributed by atoms with Crippen molar-refractivity contribution in [3.63, 3.8) is 0 Å². The lowest BCUT2D eigenvalue weighted by Crippen LogP contribution is -1.75. The summed E-state index contributed by atoms with van der Waals surface area (Å²) < 4.78 is 0. The lowest BCUT2D eigenvalue weighted by molar-refractivity contribution is 1.70. The van der Waals surface area contributed by atoms with Crippen molar-refractivity contribution in [1.29, 1.82) is 0 Å². The maximum Gasteiger partial charge on any atom is 0.0326 e. The van der Waals surface area contributed by atoms with E-state index in [1.807, 2.05) is 42.5 Å². The normalized spacial score (nSPS) is 9.85. The number of nitrogen functional groups attached to an aromatic ring is 1. The molecule has 0 aromatic heterocycles. The molecule has 2 aliphatic carbocycles. The van der Waals surface area contributed by atoms with E-state index in [2.05, 4.69) is 12.1 Å². The van der Waals surface area contributed by atoms with Crippen molar-refractivity contribution < 1.29 is 0 Å². The minimum Gasteiger partial charge on any atom is -0.399 e. The van der Waals surface area contributed by atoms with E-state index in [1.54, 1.807) is 0 Å². The van der Waals surface area contributed by atoms with Gasteiger partial charge in [-0.05, 0) is 35.4 Å². The summed E-state index contributed by atoms with van der Waals surface area (Å²) in [6, 6.07) is 18.6. The van der Waals surface area contributed by atoms with Crippen LogP contribution in [0.1, 0.15) is 0 Å². The molecule has 1 radical (unpaired) electrons. The summed E-state index contributed by atoms with van der Waals surface area (Å²) in [6.45, 7) is 0. The highest BCUT2D eigenvalue weighted by Gasteiger charge is 2.11. The van der Waals surface area contributed by atoms with Gasteiger partial charge in [0, 0.05) is 5.69 Å². The van der Waals surface area contributed by atoms with Crippen molar-refractivity contribution in [3.05, 3.63) is 54.6 Å². The SMILES string of the molecule is Nc1cc2cc-2c1.[c]1ccccc1. The first-order valence-electron chi connectivity index (χ1n) is 4.18. The Bertz CT molecular complexity index is 346. The van der Waals surface area contributed by atoms with Gasteiger partial charge in [0.15, 0.2) is 0 Å². The lowest BCUT2D eigenvalue weighted by Gasteiger charge is -1.72. The molecule has 0 aliphatic heterocycles. The van der Waals surface area contributed by atoms with Gasteiger partial charge < -0.3 is 5.73 Å². The third-order valence-electron chi connectivity index (χ3n) is 1.81. The fraction of sp³-hybridized carbons (Fsp3) is 0. The molecule has 1 aromatic carbocycles. The minimum atomic E-state index is 0.896. The second-order valence-corrected chi connectivity index (χ2v) is 2.92. The Labute approximate surface area is 77.8 Å². The molecular formula is C12H10N. The van der Waals surface area contributed by atoms with Crippen LogP contribution in [0.25, 0.3) is 11.1 Å². The van der Waals surface area contributed by atoms with Crippen molar-refractivity contribution in [2.45, 2.75) is 0 Å². The van der Waals surface area contributed by atoms with Crippen LogP contribution >= 0.6 is 0 Å². The van der Waals surface area contributed by atoms with Crippen molar-refractivity contribution >= 4 is 5.69 Å². The van der Waals surface area contributed by atoms with Gasteiger partial charge in [-0.15, -0.1) is 0 Å². The highest BCUT2D eigenvalue weighted by molar-refractivity contribution is 5.86. The number of rotatable bonds is 0. The van der Waals surface area contributed by atoms with E-state index in [4.69, 9.17) is 5.73 Å². The van der Waals surface area contributed by atoms with Gasteiger partial charge in [-0.1, -0.05) is 30.3 Å². The third kappa shape index (κ3) is 2.09. The number of hydrogen-bond donors (Lipinski definition) is 1. The predicted octanol–water partition coefficient (Wildman–Crippen LogP) is 2.74. The molecule has 0 unspecified atom stereocenters. The molecule has 63 valence electrons. The first-order valence-corrected chi connectivity index (χ1v) is 4.18. The molecule has 1 aromatic rings. The Morgan fingerprint density at radius 3 is 1.69 bits per heavy atom. The van der Waals surface area contributed by atoms with Gasteiger partial charge in [0.2, 0.25) is 0 Å². The molecule has 0 fully saturated rings. The second-order valence-electron chi connectivity index (χ2n) is 2.92. The average Bonchev–Trinajstić information content (AvgIpc) is 2.78. The topological polar surface area (TPSA) is 26.0 Å². The van der Waals surface area contributed by atoms with Crippen LogP contribution in [0.2, 0.25) is 0 Å². The lowest BCUT2D eigenvalue weighted by atomic mass is 10.4. The molecule has 0 heterocycles. The van der Waals surface area contributed by atoms with E-state index in [-0.39, 0.29) is 0 Å². The molecule has 0 spiro atoms. The summed E-state index contributed by atoms with van der Waals surface area (Å²) in [4.78, 5) is 0. The Balaban J connectivity index is 0.000000102. The molecule has 0 atom stereocenters. The van der Waals surface area contributed by atoms with Gasteiger partial charge in [-0.25, -0.2) is 0 Å². The smallest absolute Gasteiger partial charge is 0.0326 e. The Hall–Kier alpha value is -1.76. The summed E-state index contributed by atoms with van der Waals surface area (Å²) in [5.74, 6) is 0. The number of nitrogens with two attached hydrogens (primary N) is 1. The molecule has 0 saturated heterocycles. The summed E-state index contributed by atoms with van der Waals surface area (Å²) in [5.41, 5.74) is 8.93. The molecule has 0 amide bonds. The van der Waals surface area contributed by atoms with Gasteiger partial charge in [-0.3, -0.25) is 0 Å². The van der Waals surface area contributed by atoms with E-state index >= 15 is 0 Å². The number of hydrogen-bond acceptors (Lipinski definition) is 1. The van der Waals surface area contributed by atoms with Crippen LogP contribution < -0.4 is 5.73 Å². The van der Waals surface area contributed by atoms with Crippen LogP contribution in [-0.4, -0.2) is 0 Å². The summed E-state index contributed by atoms with van der Waals surface area (Å²) >= 11 is 0.